The van der Waals surface area contributed by atoms with Crippen molar-refractivity contribution in [1.82, 2.24) is 0 Å². The van der Waals surface area contributed by atoms with Crippen LogP contribution in [0.1, 0.15) is 36.4 Å². The SMILES string of the molecule is Cc1ccc([C@H](N)CCCCN)cc1.Cl. The minimum absolute atomic E-state index is 0. The molecule has 3 heteroatoms. The Hall–Kier alpha value is -0.570. The van der Waals surface area contributed by atoms with Gasteiger partial charge >= 0.3 is 0 Å². The summed E-state index contributed by atoms with van der Waals surface area (Å²) >= 11 is 0. The number of benzene rings is 1. The molecule has 0 aromatic heterocycles. The monoisotopic (exact) mass is 228 g/mol. The molecule has 86 valence electrons. The number of hydrogen-bond donors (Lipinski definition) is 2. The molecule has 0 bridgehead atoms. The molecule has 4 N–H and O–H groups in total. The summed E-state index contributed by atoms with van der Waals surface area (Å²) in [5.74, 6) is 0. The molecule has 0 fully saturated rings. The van der Waals surface area contributed by atoms with Gasteiger partial charge in [-0.1, -0.05) is 36.2 Å². The van der Waals surface area contributed by atoms with E-state index >= 15 is 0 Å². The molecule has 0 spiro atoms. The van der Waals surface area contributed by atoms with Gasteiger partial charge in [-0.3, -0.25) is 0 Å². The summed E-state index contributed by atoms with van der Waals surface area (Å²) in [5.41, 5.74) is 14.0. The molecule has 0 saturated heterocycles. The fraction of sp³-hybridized carbons (Fsp3) is 0.500. The van der Waals surface area contributed by atoms with E-state index in [9.17, 15) is 0 Å². The van der Waals surface area contributed by atoms with E-state index < -0.39 is 0 Å². The zero-order chi connectivity index (χ0) is 10.4. The van der Waals surface area contributed by atoms with Crippen LogP contribution >= 0.6 is 12.4 Å². The van der Waals surface area contributed by atoms with E-state index in [2.05, 4.69) is 31.2 Å². The average Bonchev–Trinajstić information content (AvgIpc) is 2.19. The molecular weight excluding hydrogens is 208 g/mol. The largest absolute Gasteiger partial charge is 0.330 e. The van der Waals surface area contributed by atoms with E-state index in [0.717, 1.165) is 25.8 Å². The maximum Gasteiger partial charge on any atom is 0.0294 e. The number of nitrogens with two attached hydrogens (primary N) is 2. The van der Waals surface area contributed by atoms with Crippen molar-refractivity contribution in [2.45, 2.75) is 32.2 Å². The molecule has 0 unspecified atom stereocenters. The highest BCUT2D eigenvalue weighted by molar-refractivity contribution is 5.85. The van der Waals surface area contributed by atoms with Gasteiger partial charge in [-0.2, -0.15) is 0 Å². The molecule has 1 aromatic rings. The van der Waals surface area contributed by atoms with Crippen LogP contribution in [0.2, 0.25) is 0 Å². The van der Waals surface area contributed by atoms with Gasteiger partial charge in [0.2, 0.25) is 0 Å². The summed E-state index contributed by atoms with van der Waals surface area (Å²) in [7, 11) is 0. The summed E-state index contributed by atoms with van der Waals surface area (Å²) in [6, 6.07) is 8.61. The van der Waals surface area contributed by atoms with Crippen LogP contribution in [0.4, 0.5) is 0 Å². The Morgan fingerprint density at radius 3 is 2.27 bits per heavy atom. The molecule has 0 aliphatic heterocycles. The first-order valence-corrected chi connectivity index (χ1v) is 5.26. The molecule has 0 aliphatic carbocycles. The maximum absolute atomic E-state index is 6.05. The van der Waals surface area contributed by atoms with Crippen molar-refractivity contribution in [1.29, 1.82) is 0 Å². The molecule has 1 aromatic carbocycles. The first-order chi connectivity index (χ1) is 6.74. The molecule has 2 nitrogen and oxygen atoms in total. The van der Waals surface area contributed by atoms with Crippen LogP contribution in [-0.2, 0) is 0 Å². The van der Waals surface area contributed by atoms with Gasteiger partial charge < -0.3 is 11.5 Å². The Labute approximate surface area is 98.5 Å². The Bertz CT molecular complexity index is 259. The van der Waals surface area contributed by atoms with E-state index in [1.54, 1.807) is 0 Å². The van der Waals surface area contributed by atoms with Crippen LogP contribution in [0, 0.1) is 6.92 Å². The van der Waals surface area contributed by atoms with Gasteiger partial charge in [0.1, 0.15) is 0 Å². The second kappa shape index (κ2) is 7.69. The number of halogens is 1. The number of unbranched alkanes of at least 4 members (excludes halogenated alkanes) is 1. The Balaban J connectivity index is 0.00000196. The number of hydrogen-bond acceptors (Lipinski definition) is 2. The zero-order valence-corrected chi connectivity index (χ0v) is 10.1. The summed E-state index contributed by atoms with van der Waals surface area (Å²) < 4.78 is 0. The van der Waals surface area contributed by atoms with Gasteiger partial charge in [-0.05, 0) is 31.9 Å². The van der Waals surface area contributed by atoms with Crippen molar-refractivity contribution >= 4 is 12.4 Å². The summed E-state index contributed by atoms with van der Waals surface area (Å²) in [6.07, 6.45) is 3.21. The first kappa shape index (κ1) is 14.4. The van der Waals surface area contributed by atoms with E-state index in [1.165, 1.54) is 11.1 Å². The third-order valence-electron chi connectivity index (χ3n) is 2.47. The third kappa shape index (κ3) is 5.17. The minimum atomic E-state index is 0. The Morgan fingerprint density at radius 2 is 1.73 bits per heavy atom. The van der Waals surface area contributed by atoms with Crippen LogP contribution in [0.3, 0.4) is 0 Å². The van der Waals surface area contributed by atoms with E-state index in [-0.39, 0.29) is 18.4 Å². The lowest BCUT2D eigenvalue weighted by molar-refractivity contribution is 0.591. The molecule has 15 heavy (non-hydrogen) atoms. The zero-order valence-electron chi connectivity index (χ0n) is 9.28. The molecular formula is C12H21ClN2. The highest BCUT2D eigenvalue weighted by atomic mass is 35.5. The normalized spacial score (nSPS) is 11.9. The average molecular weight is 229 g/mol. The van der Waals surface area contributed by atoms with Gasteiger partial charge in [-0.25, -0.2) is 0 Å². The fourth-order valence-corrected chi connectivity index (χ4v) is 1.49. The molecule has 0 heterocycles. The quantitative estimate of drug-likeness (QED) is 0.762. The third-order valence-corrected chi connectivity index (χ3v) is 2.47. The van der Waals surface area contributed by atoms with Crippen molar-refractivity contribution < 1.29 is 0 Å². The lowest BCUT2D eigenvalue weighted by atomic mass is 10.0. The van der Waals surface area contributed by atoms with Crippen LogP contribution < -0.4 is 11.5 Å². The van der Waals surface area contributed by atoms with E-state index in [1.807, 2.05) is 0 Å². The summed E-state index contributed by atoms with van der Waals surface area (Å²) in [6.45, 7) is 2.85. The highest BCUT2D eigenvalue weighted by Crippen LogP contribution is 2.16. The maximum atomic E-state index is 6.05. The van der Waals surface area contributed by atoms with Crippen molar-refractivity contribution in [2.75, 3.05) is 6.54 Å². The molecule has 0 saturated carbocycles. The van der Waals surface area contributed by atoms with Crippen LogP contribution in [0.25, 0.3) is 0 Å². The minimum Gasteiger partial charge on any atom is -0.330 e. The van der Waals surface area contributed by atoms with Crippen molar-refractivity contribution in [3.63, 3.8) is 0 Å². The first-order valence-electron chi connectivity index (χ1n) is 5.26. The van der Waals surface area contributed by atoms with Crippen LogP contribution in [0.5, 0.6) is 0 Å². The smallest absolute Gasteiger partial charge is 0.0294 e. The van der Waals surface area contributed by atoms with E-state index in [4.69, 9.17) is 11.5 Å². The molecule has 1 atom stereocenters. The second-order valence-corrected chi connectivity index (χ2v) is 3.80. The predicted octanol–water partition coefficient (Wildman–Crippen LogP) is 2.55. The fourth-order valence-electron chi connectivity index (χ4n) is 1.49. The molecule has 0 aliphatic rings. The standard InChI is InChI=1S/C12H20N2.ClH/c1-10-5-7-11(8-6-10)12(14)4-2-3-9-13;/h5-8,12H,2-4,9,13-14H2,1H3;1H/t12-;/m1./s1. The predicted molar refractivity (Wildman–Crippen MR) is 68.3 cm³/mol. The number of rotatable bonds is 5. The molecule has 1 rings (SSSR count). The Morgan fingerprint density at radius 1 is 1.13 bits per heavy atom. The highest BCUT2D eigenvalue weighted by Gasteiger charge is 2.04. The Kier molecular flexibility index (Phi) is 7.39. The number of aryl methyl sites for hydroxylation is 1. The molecule has 0 radical (unpaired) electrons. The van der Waals surface area contributed by atoms with Crippen molar-refractivity contribution in [2.24, 2.45) is 11.5 Å². The summed E-state index contributed by atoms with van der Waals surface area (Å²) in [5, 5.41) is 0. The van der Waals surface area contributed by atoms with Gasteiger partial charge in [0.05, 0.1) is 0 Å². The molecule has 0 amide bonds. The van der Waals surface area contributed by atoms with Gasteiger partial charge in [0.25, 0.3) is 0 Å². The lowest BCUT2D eigenvalue weighted by Gasteiger charge is -2.11. The topological polar surface area (TPSA) is 52.0 Å². The van der Waals surface area contributed by atoms with Crippen LogP contribution in [0.15, 0.2) is 24.3 Å². The van der Waals surface area contributed by atoms with Gasteiger partial charge in [0, 0.05) is 6.04 Å². The van der Waals surface area contributed by atoms with Gasteiger partial charge in [0.15, 0.2) is 0 Å². The van der Waals surface area contributed by atoms with Crippen molar-refractivity contribution in [3.8, 4) is 0 Å². The summed E-state index contributed by atoms with van der Waals surface area (Å²) in [4.78, 5) is 0. The lowest BCUT2D eigenvalue weighted by Crippen LogP contribution is -2.10. The van der Waals surface area contributed by atoms with Gasteiger partial charge in [-0.15, -0.1) is 12.4 Å². The van der Waals surface area contributed by atoms with E-state index in [0.29, 0.717) is 0 Å². The van der Waals surface area contributed by atoms with Crippen molar-refractivity contribution in [3.05, 3.63) is 35.4 Å². The second-order valence-electron chi connectivity index (χ2n) is 3.80. The van der Waals surface area contributed by atoms with Crippen LogP contribution in [-0.4, -0.2) is 6.54 Å².